The Balaban J connectivity index is 0.00000840. The first kappa shape index (κ1) is 69.0. The van der Waals surface area contributed by atoms with Gasteiger partial charge in [0.1, 0.15) is 31.0 Å². The normalized spacial score (nSPS) is 12.4. The zero-order chi connectivity index (χ0) is 49.3. The molecule has 0 aliphatic heterocycles. The molecule has 0 aliphatic carbocycles. The van der Waals surface area contributed by atoms with E-state index in [9.17, 15) is 88.0 Å². The van der Waals surface area contributed by atoms with Crippen LogP contribution in [0.4, 0.5) is 34.1 Å². The van der Waals surface area contributed by atoms with Gasteiger partial charge in [-0.25, -0.2) is 0 Å². The molecule has 0 atom stereocenters. The summed E-state index contributed by atoms with van der Waals surface area (Å²) in [7, 11) is -30.8. The summed E-state index contributed by atoms with van der Waals surface area (Å²) >= 11 is 0. The van der Waals surface area contributed by atoms with Crippen LogP contribution in [0.5, 0.6) is 11.5 Å². The Morgan fingerprint density at radius 2 is 0.667 bits per heavy atom. The van der Waals surface area contributed by atoms with Crippen LogP contribution >= 0.6 is 0 Å². The van der Waals surface area contributed by atoms with Gasteiger partial charge in [-0.15, -0.1) is 10.2 Å². The number of nitrogens with zero attached hydrogens (tertiary/aromatic N) is 4. The summed E-state index contributed by atoms with van der Waals surface area (Å²) < 4.78 is 204. The summed E-state index contributed by atoms with van der Waals surface area (Å²) in [6.07, 6.45) is 1.85. The third-order valence-electron chi connectivity index (χ3n) is 8.98. The fourth-order valence-electron chi connectivity index (χ4n) is 6.15. The summed E-state index contributed by atoms with van der Waals surface area (Å²) in [4.78, 5) is -5.79. The van der Waals surface area contributed by atoms with E-state index in [1.165, 1.54) is 0 Å². The molecule has 0 heterocycles. The zero-order valence-corrected chi connectivity index (χ0v) is 42.9. The van der Waals surface area contributed by atoms with E-state index < -0.39 is 157 Å². The van der Waals surface area contributed by atoms with Crippen molar-refractivity contribution in [3.8, 4) is 11.5 Å². The van der Waals surface area contributed by atoms with Gasteiger partial charge in [-0.2, -0.15) is 60.7 Å². The van der Waals surface area contributed by atoms with E-state index in [0.29, 0.717) is 36.4 Å². The fraction of sp³-hybridized carbons (Fsp3) is 0. The number of nitrogen functional groups attached to an aromatic ring is 2. The Morgan fingerprint density at radius 3 is 0.931 bits per heavy atom. The number of aromatic hydroxyl groups is 2. The summed E-state index contributed by atoms with van der Waals surface area (Å²) in [5.41, 5.74) is 6.99. The number of phenolic OH excluding ortho intramolecular Hbond substituents is 2. The van der Waals surface area contributed by atoms with Crippen LogP contribution < -0.4 is 11.5 Å². The predicted octanol–water partition coefficient (Wildman–Crippen LogP) is 2.77. The average Bonchev–Trinajstić information content (AvgIpc) is 3.16. The van der Waals surface area contributed by atoms with Crippen molar-refractivity contribution >= 4 is 242 Å². The van der Waals surface area contributed by atoms with Crippen LogP contribution in [0.2, 0.25) is 0 Å². The maximum Gasteiger partial charge on any atom is 0.296 e. The molecule has 354 valence electrons. The van der Waals surface area contributed by atoms with Gasteiger partial charge in [0.2, 0.25) is 0 Å². The van der Waals surface area contributed by atoms with E-state index in [0.717, 1.165) is 48.6 Å². The van der Waals surface area contributed by atoms with Crippen molar-refractivity contribution in [1.82, 2.24) is 0 Å². The number of nitrogens with two attached hydrogens (primary N) is 2. The number of phenols is 2. The molecule has 0 saturated heterocycles. The topological polar surface area (TPSA) is 468 Å². The third kappa shape index (κ3) is 15.3. The molecular weight excluding hydrogens is 1050 g/mol. The largest absolute Gasteiger partial charge is 0.505 e. The molecule has 6 aromatic rings. The monoisotopic (exact) mass is 1070 g/mol. The summed E-state index contributed by atoms with van der Waals surface area (Å²) in [5, 5.41) is 34.8. The Hall–Kier alpha value is -2.98. The molecule has 6 rings (SSSR count). The van der Waals surface area contributed by atoms with Crippen molar-refractivity contribution in [2.75, 3.05) is 11.5 Å². The Kier molecular flexibility index (Phi) is 23.8. The fourth-order valence-corrected chi connectivity index (χ4v) is 9.98. The van der Waals surface area contributed by atoms with E-state index in [1.807, 2.05) is 0 Å². The predicted molar refractivity (Wildman–Crippen MR) is 264 cm³/mol. The molecule has 0 aliphatic rings. The van der Waals surface area contributed by atoms with Crippen molar-refractivity contribution in [3.63, 3.8) is 0 Å². The average molecular weight is 1070 g/mol. The van der Waals surface area contributed by atoms with Crippen molar-refractivity contribution in [2.24, 2.45) is 20.5 Å². The van der Waals surface area contributed by atoms with Gasteiger partial charge in [0, 0.05) is 135 Å². The number of hydrogen-bond donors (Lipinski definition) is 10. The molecule has 0 saturated carbocycles. The molecule has 6 radical (unpaired) electrons. The number of fused-ring (bicyclic) bond motifs is 2. The van der Waals surface area contributed by atoms with Crippen LogP contribution in [0.3, 0.4) is 0 Å². The van der Waals surface area contributed by atoms with Crippen LogP contribution in [0, 0.1) is 0 Å². The van der Waals surface area contributed by atoms with Gasteiger partial charge in [0.25, 0.3) is 60.7 Å². The molecule has 0 amide bonds. The number of rotatable bonds is 12. The SMILES string of the molecule is Nc1cc(S(=O)(=O)O)cc2cc(S(=O)(=O)O)c(N=Nc3ccc(C=Cc4ccc(N=Nc5c(S(=O)(=O)O)cc6cc(S(=O)(=O)O)cc(N)c6c5O)cc4S(=O)(=O)O)c(S(=O)(=O)O)c3)c(O)c12.[Li].[Li].[Li].[Li].[Li].[Li]. The van der Waals surface area contributed by atoms with Gasteiger partial charge in [0.05, 0.1) is 21.2 Å². The van der Waals surface area contributed by atoms with E-state index in [1.54, 1.807) is 0 Å². The number of benzene rings is 6. The number of anilines is 2. The van der Waals surface area contributed by atoms with Gasteiger partial charge >= 0.3 is 0 Å². The number of hydrogen-bond acceptors (Lipinski definition) is 20. The second-order valence-electron chi connectivity index (χ2n) is 13.4. The van der Waals surface area contributed by atoms with E-state index in [2.05, 4.69) is 20.5 Å². The molecule has 0 unspecified atom stereocenters. The van der Waals surface area contributed by atoms with Crippen molar-refractivity contribution in [3.05, 3.63) is 83.9 Å². The van der Waals surface area contributed by atoms with Gasteiger partial charge in [-0.1, -0.05) is 24.3 Å². The minimum absolute atomic E-state index is 0. The van der Waals surface area contributed by atoms with Crippen molar-refractivity contribution < 1.29 is 88.0 Å². The van der Waals surface area contributed by atoms with Gasteiger partial charge in [0.15, 0.2) is 11.5 Å². The third-order valence-corrected chi connectivity index (χ3v) is 14.2. The van der Waals surface area contributed by atoms with E-state index in [4.69, 9.17) is 11.5 Å². The van der Waals surface area contributed by atoms with Crippen LogP contribution in [0.15, 0.2) is 123 Å². The molecular formula is C34H26Li6N6O20S6. The minimum Gasteiger partial charge on any atom is -0.505 e. The Labute approximate surface area is 481 Å². The van der Waals surface area contributed by atoms with Gasteiger partial charge in [-0.3, -0.25) is 27.3 Å². The number of azo groups is 2. The first-order valence-electron chi connectivity index (χ1n) is 17.0. The molecule has 0 bridgehead atoms. The van der Waals surface area contributed by atoms with Crippen LogP contribution in [0.1, 0.15) is 11.1 Å². The second-order valence-corrected chi connectivity index (χ2v) is 21.8. The first-order valence-corrected chi connectivity index (χ1v) is 25.6. The first-order chi connectivity index (χ1) is 30.2. The molecule has 12 N–H and O–H groups in total. The van der Waals surface area contributed by atoms with Crippen LogP contribution in [0.25, 0.3) is 33.7 Å². The Morgan fingerprint density at radius 1 is 0.375 bits per heavy atom. The smallest absolute Gasteiger partial charge is 0.296 e. The minimum atomic E-state index is -5.29. The van der Waals surface area contributed by atoms with Gasteiger partial charge in [-0.05, 0) is 82.6 Å². The summed E-state index contributed by atoms with van der Waals surface area (Å²) in [6, 6.07) is 9.48. The molecule has 26 nitrogen and oxygen atoms in total. The summed E-state index contributed by atoms with van der Waals surface area (Å²) in [5.74, 6) is -2.14. The molecule has 0 fully saturated rings. The van der Waals surface area contributed by atoms with Crippen molar-refractivity contribution in [2.45, 2.75) is 29.4 Å². The molecule has 0 aromatic heterocycles. The zero-order valence-electron chi connectivity index (χ0n) is 38.0. The van der Waals surface area contributed by atoms with Crippen molar-refractivity contribution in [1.29, 1.82) is 0 Å². The molecule has 38 heteroatoms. The van der Waals surface area contributed by atoms with Crippen LogP contribution in [-0.4, -0.2) is 201 Å². The Bertz CT molecular complexity index is 3690. The van der Waals surface area contributed by atoms with Crippen LogP contribution in [-0.2, 0) is 60.7 Å². The second kappa shape index (κ2) is 24.8. The van der Waals surface area contributed by atoms with Gasteiger partial charge < -0.3 is 21.7 Å². The quantitative estimate of drug-likeness (QED) is 0.0277. The molecule has 0 spiro atoms. The van der Waals surface area contributed by atoms with E-state index >= 15 is 0 Å². The molecule has 72 heavy (non-hydrogen) atoms. The summed E-state index contributed by atoms with van der Waals surface area (Å²) in [6.45, 7) is 0. The maximum atomic E-state index is 12.5. The standard InChI is InChI=1S/C34H26N6O20S6.6Li/c35-23-13-21(61(43,44)45)7-17-9-27(65(55,56)57)31(33(41)29(17)23)39-37-19-5-3-15(25(11-19)63(49,50)51)1-2-16-4-6-20(12-26(16)64(52,53)54)38-40-32-28(66(58,59)60)10-18-8-22(62(46,47)48)14-24(36)30(18)34(32)42;;;;;;/h1-14,41-42H,35-36H2,(H,43,44,45)(H,46,47,48)(H,49,50,51)(H,52,53,54)(H,55,56,57)(H,58,59,60);;;;;;. The molecule has 6 aromatic carbocycles. The maximum absolute atomic E-state index is 12.5. The van der Waals surface area contributed by atoms with E-state index in [-0.39, 0.29) is 124 Å².